The lowest BCUT2D eigenvalue weighted by atomic mass is 10.1. The molecule has 0 saturated heterocycles. The number of halogens is 4. The minimum Gasteiger partial charge on any atom is -0.421 e. The van der Waals surface area contributed by atoms with E-state index in [2.05, 4.69) is 30.6 Å². The van der Waals surface area contributed by atoms with Crippen LogP contribution < -0.4 is 16.6 Å². The number of aromatic nitrogens is 7. The second-order valence-electron chi connectivity index (χ2n) is 8.03. The molecule has 4 aromatic heterocycles. The van der Waals surface area contributed by atoms with Crippen molar-refractivity contribution >= 4 is 34.0 Å². The van der Waals surface area contributed by atoms with Crippen LogP contribution in [0.1, 0.15) is 30.2 Å². The third-order valence-electron chi connectivity index (χ3n) is 5.54. The van der Waals surface area contributed by atoms with Crippen LogP contribution in [0.2, 0.25) is 5.02 Å². The van der Waals surface area contributed by atoms with Gasteiger partial charge in [-0.15, -0.1) is 10.2 Å². The van der Waals surface area contributed by atoms with E-state index in [1.807, 2.05) is 5.10 Å². The number of hydrogen-bond acceptors (Lipinski definition) is 9. The van der Waals surface area contributed by atoms with Crippen molar-refractivity contribution in [3.8, 4) is 17.3 Å². The third-order valence-corrected chi connectivity index (χ3v) is 5.85. The van der Waals surface area contributed by atoms with Gasteiger partial charge in [0.25, 0.3) is 11.4 Å². The van der Waals surface area contributed by atoms with Crippen LogP contribution in [-0.4, -0.2) is 34.9 Å². The molecular formula is C22H17ClF3N9O2. The predicted molar refractivity (Wildman–Crippen MR) is 128 cm³/mol. The number of pyridine rings is 1. The van der Waals surface area contributed by atoms with Gasteiger partial charge in [-0.1, -0.05) is 23.7 Å². The second-order valence-corrected chi connectivity index (χ2v) is 8.43. The number of aromatic amines is 1. The normalized spacial score (nSPS) is 12.7. The number of alkyl halides is 3. The Morgan fingerprint density at radius 3 is 2.68 bits per heavy atom. The van der Waals surface area contributed by atoms with E-state index >= 15 is 0 Å². The third kappa shape index (κ3) is 4.35. The molecule has 0 aliphatic carbocycles. The fourth-order valence-corrected chi connectivity index (χ4v) is 4.12. The molecule has 1 atom stereocenters. The molecule has 0 aliphatic heterocycles. The summed E-state index contributed by atoms with van der Waals surface area (Å²) >= 11 is 6.28. The van der Waals surface area contributed by atoms with Gasteiger partial charge in [-0.3, -0.25) is 14.5 Å². The highest BCUT2D eigenvalue weighted by atomic mass is 35.5. The number of nitrogens with zero attached hydrogens (tertiary/aromatic N) is 6. The number of H-pyrrole nitrogens is 1. The van der Waals surface area contributed by atoms with E-state index in [4.69, 9.17) is 21.8 Å². The Bertz CT molecular complexity index is 1690. The topological polar surface area (TPSA) is 153 Å². The predicted octanol–water partition coefficient (Wildman–Crippen LogP) is 4.29. The summed E-state index contributed by atoms with van der Waals surface area (Å²) in [6.07, 6.45) is -3.48. The van der Waals surface area contributed by atoms with Gasteiger partial charge < -0.3 is 15.5 Å². The van der Waals surface area contributed by atoms with Crippen LogP contribution in [0.15, 0.2) is 45.9 Å². The quantitative estimate of drug-likeness (QED) is 0.301. The molecule has 5 rings (SSSR count). The Morgan fingerprint density at radius 2 is 2.00 bits per heavy atom. The number of nitrogens with two attached hydrogens (primary N) is 1. The number of benzene rings is 1. The standard InChI is InChI=1S/C22H17ClF3N9O2/c1-9(30-19-17(18(27)28-8-29-19)20-34-31-10(2)37-20)13-6-11-4-3-5-12(23)16(11)21(36)35(13)15-7-14(32-33-15)22(24,25)26/h3-9H,1-2H3,(H,32,33)(H3,27,28,29,30)/t9-/m0/s1. The van der Waals surface area contributed by atoms with Crippen molar-refractivity contribution in [2.75, 3.05) is 11.1 Å². The Hall–Kier alpha value is -4.46. The Labute approximate surface area is 210 Å². The maximum Gasteiger partial charge on any atom is 0.432 e. The van der Waals surface area contributed by atoms with E-state index in [-0.39, 0.29) is 50.9 Å². The molecule has 0 unspecified atom stereocenters. The molecule has 4 N–H and O–H groups in total. The first-order chi connectivity index (χ1) is 17.5. The van der Waals surface area contributed by atoms with E-state index in [9.17, 15) is 18.0 Å². The monoisotopic (exact) mass is 531 g/mol. The number of fused-ring (bicyclic) bond motifs is 1. The highest BCUT2D eigenvalue weighted by Crippen LogP contribution is 2.34. The zero-order chi connectivity index (χ0) is 26.5. The lowest BCUT2D eigenvalue weighted by Gasteiger charge is -2.21. The molecule has 0 spiro atoms. The van der Waals surface area contributed by atoms with Gasteiger partial charge in [-0.2, -0.15) is 18.3 Å². The van der Waals surface area contributed by atoms with Gasteiger partial charge in [0.05, 0.1) is 22.1 Å². The molecule has 0 amide bonds. The van der Waals surface area contributed by atoms with Gasteiger partial charge in [0.2, 0.25) is 5.89 Å². The van der Waals surface area contributed by atoms with Crippen molar-refractivity contribution in [1.82, 2.24) is 34.9 Å². The van der Waals surface area contributed by atoms with Crippen LogP contribution in [0, 0.1) is 6.92 Å². The maximum absolute atomic E-state index is 13.6. The van der Waals surface area contributed by atoms with Gasteiger partial charge in [0.15, 0.2) is 5.82 Å². The molecule has 0 aliphatic rings. The lowest BCUT2D eigenvalue weighted by molar-refractivity contribution is -0.141. The molecule has 0 radical (unpaired) electrons. The maximum atomic E-state index is 13.6. The summed E-state index contributed by atoms with van der Waals surface area (Å²) in [5.74, 6) is 0.342. The SMILES string of the molecule is Cc1nnc(-c2c(N)ncnc2N[C@@H](C)c2cc3cccc(Cl)c3c(=O)n2-c2cc(C(F)(F)F)[nH]n2)o1. The molecule has 15 heteroatoms. The fourth-order valence-electron chi connectivity index (χ4n) is 3.86. The van der Waals surface area contributed by atoms with Crippen molar-refractivity contribution in [3.05, 3.63) is 69.3 Å². The minimum absolute atomic E-state index is 0.0538. The second kappa shape index (κ2) is 8.89. The summed E-state index contributed by atoms with van der Waals surface area (Å²) < 4.78 is 46.4. The first kappa shape index (κ1) is 24.2. The zero-order valence-corrected chi connectivity index (χ0v) is 19.9. The van der Waals surface area contributed by atoms with E-state index < -0.39 is 23.5 Å². The molecule has 11 nitrogen and oxygen atoms in total. The zero-order valence-electron chi connectivity index (χ0n) is 19.1. The van der Waals surface area contributed by atoms with Crippen LogP contribution in [0.5, 0.6) is 0 Å². The summed E-state index contributed by atoms with van der Waals surface area (Å²) in [7, 11) is 0. The van der Waals surface area contributed by atoms with Crippen LogP contribution in [-0.2, 0) is 6.18 Å². The van der Waals surface area contributed by atoms with E-state index in [1.54, 1.807) is 32.0 Å². The summed E-state index contributed by atoms with van der Waals surface area (Å²) in [6.45, 7) is 3.28. The molecule has 4 heterocycles. The first-order valence-corrected chi connectivity index (χ1v) is 11.1. The number of hydrogen-bond donors (Lipinski definition) is 3. The van der Waals surface area contributed by atoms with E-state index in [1.165, 1.54) is 12.4 Å². The fraction of sp³-hybridized carbons (Fsp3) is 0.182. The summed E-state index contributed by atoms with van der Waals surface area (Å²) in [4.78, 5) is 21.8. The van der Waals surface area contributed by atoms with Gasteiger partial charge in [-0.25, -0.2) is 9.97 Å². The highest BCUT2D eigenvalue weighted by molar-refractivity contribution is 6.35. The molecule has 190 valence electrons. The van der Waals surface area contributed by atoms with Crippen molar-refractivity contribution in [2.24, 2.45) is 0 Å². The summed E-state index contributed by atoms with van der Waals surface area (Å²) in [5, 5.41) is 17.3. The number of aryl methyl sites for hydroxylation is 1. The van der Waals surface area contributed by atoms with Crippen molar-refractivity contribution in [2.45, 2.75) is 26.1 Å². The van der Waals surface area contributed by atoms with Crippen molar-refractivity contribution < 1.29 is 17.6 Å². The number of nitrogens with one attached hydrogen (secondary N) is 2. The van der Waals surface area contributed by atoms with Gasteiger partial charge in [-0.05, 0) is 24.4 Å². The van der Waals surface area contributed by atoms with Gasteiger partial charge >= 0.3 is 6.18 Å². The van der Waals surface area contributed by atoms with Crippen LogP contribution in [0.25, 0.3) is 28.0 Å². The van der Waals surface area contributed by atoms with Gasteiger partial charge in [0.1, 0.15) is 29.2 Å². The minimum atomic E-state index is -4.69. The van der Waals surface area contributed by atoms with Crippen LogP contribution in [0.3, 0.4) is 0 Å². The summed E-state index contributed by atoms with van der Waals surface area (Å²) in [6, 6.07) is 6.50. The average Bonchev–Trinajstić information content (AvgIpc) is 3.48. The van der Waals surface area contributed by atoms with E-state index in [0.717, 1.165) is 10.6 Å². The largest absolute Gasteiger partial charge is 0.432 e. The Balaban J connectivity index is 1.68. The molecule has 0 fully saturated rings. The molecule has 5 aromatic rings. The average molecular weight is 532 g/mol. The highest BCUT2D eigenvalue weighted by Gasteiger charge is 2.34. The molecule has 1 aromatic carbocycles. The lowest BCUT2D eigenvalue weighted by Crippen LogP contribution is -2.26. The molecule has 37 heavy (non-hydrogen) atoms. The van der Waals surface area contributed by atoms with Gasteiger partial charge in [0, 0.05) is 13.0 Å². The van der Waals surface area contributed by atoms with Crippen LogP contribution >= 0.6 is 11.6 Å². The molecular weight excluding hydrogens is 515 g/mol. The Kier molecular flexibility index (Phi) is 5.82. The number of nitrogen functional groups attached to an aromatic ring is 1. The Morgan fingerprint density at radius 1 is 1.22 bits per heavy atom. The smallest absolute Gasteiger partial charge is 0.421 e. The first-order valence-electron chi connectivity index (χ1n) is 10.7. The summed E-state index contributed by atoms with van der Waals surface area (Å²) in [5.41, 5.74) is 4.78. The van der Waals surface area contributed by atoms with Crippen molar-refractivity contribution in [1.29, 1.82) is 0 Å². The molecule has 0 bridgehead atoms. The number of rotatable bonds is 5. The number of anilines is 2. The molecule has 0 saturated carbocycles. The van der Waals surface area contributed by atoms with E-state index in [0.29, 0.717) is 5.39 Å². The van der Waals surface area contributed by atoms with Crippen molar-refractivity contribution in [3.63, 3.8) is 0 Å². The van der Waals surface area contributed by atoms with Crippen LogP contribution in [0.4, 0.5) is 24.8 Å².